The summed E-state index contributed by atoms with van der Waals surface area (Å²) in [6.45, 7) is 20.6. The van der Waals surface area contributed by atoms with Crippen LogP contribution in [0.5, 0.6) is 0 Å². The van der Waals surface area contributed by atoms with Gasteiger partial charge in [0.1, 0.15) is 0 Å². The molecule has 0 aromatic heterocycles. The maximum atomic E-state index is 12.5. The summed E-state index contributed by atoms with van der Waals surface area (Å²) in [5.41, 5.74) is 0. The van der Waals surface area contributed by atoms with Crippen LogP contribution in [0.2, 0.25) is 23.2 Å². The van der Waals surface area contributed by atoms with Crippen molar-refractivity contribution in [3.8, 4) is 0 Å². The second-order valence-corrected chi connectivity index (χ2v) is 23.7. The van der Waals surface area contributed by atoms with Crippen molar-refractivity contribution in [2.45, 2.75) is 103 Å². The molecule has 0 heterocycles. The van der Waals surface area contributed by atoms with Gasteiger partial charge in [-0.05, 0) is 0 Å². The van der Waals surface area contributed by atoms with E-state index < -0.39 is 42.3 Å². The number of hydrogen-bond donors (Lipinski definition) is 0. The van der Waals surface area contributed by atoms with E-state index in [4.69, 9.17) is 25.1 Å². The summed E-state index contributed by atoms with van der Waals surface area (Å²) in [4.78, 5) is 12.5. The molecular formula is C31H51B2O5PSi2. The van der Waals surface area contributed by atoms with Crippen molar-refractivity contribution in [1.82, 2.24) is 0 Å². The Balaban J connectivity index is 2.68. The second-order valence-electron chi connectivity index (χ2n) is 13.3. The molecule has 0 aliphatic carbocycles. The predicted molar refractivity (Wildman–Crippen MR) is 182 cm³/mol. The summed E-state index contributed by atoms with van der Waals surface area (Å²) in [7, 11) is 1.41. The third-order valence-electron chi connectivity index (χ3n) is 8.06. The van der Waals surface area contributed by atoms with E-state index in [-0.39, 0.29) is 16.7 Å². The SMILES string of the molecule is B#P(B)O[C@@H](C=O)[C@H](O[Si](C)(C)C(C)(C)C)[C@H](CO[Si](c1ccccc1)(c1ccccc1)C(C)(C)C)OCCCC. The average molecular weight is 613 g/mol. The predicted octanol–water partition coefficient (Wildman–Crippen LogP) is 5.75. The minimum atomic E-state index is -2.85. The van der Waals surface area contributed by atoms with Crippen LogP contribution in [0.25, 0.3) is 0 Å². The number of unbranched alkanes of at least 4 members (excludes halogenated alkanes) is 1. The quantitative estimate of drug-likeness (QED) is 0.111. The van der Waals surface area contributed by atoms with Gasteiger partial charge in [-0.3, -0.25) is 0 Å². The summed E-state index contributed by atoms with van der Waals surface area (Å²) in [5.74, 6) is 0. The Labute approximate surface area is 254 Å². The van der Waals surface area contributed by atoms with Crippen LogP contribution in [-0.4, -0.2) is 69.0 Å². The number of rotatable bonds is 15. The molecule has 0 aliphatic heterocycles. The molecule has 2 aromatic carbocycles. The van der Waals surface area contributed by atoms with Crippen molar-refractivity contribution >= 4 is 55.2 Å². The van der Waals surface area contributed by atoms with E-state index in [1.54, 1.807) is 7.57 Å². The van der Waals surface area contributed by atoms with Crippen LogP contribution in [0.4, 0.5) is 0 Å². The van der Waals surface area contributed by atoms with Gasteiger partial charge in [0.25, 0.3) is 0 Å². The summed E-state index contributed by atoms with van der Waals surface area (Å²) in [5, 5.41) is 2.10. The van der Waals surface area contributed by atoms with Crippen LogP contribution >= 0.6 is 7.34 Å². The van der Waals surface area contributed by atoms with Gasteiger partial charge in [-0.15, -0.1) is 0 Å². The standard InChI is InChI=1S/C31H51B2O5PSi2/c1-10-11-22-35-28(29(27(23-34)37-39(32)33)38-40(8,9)30(2,3)4)24-36-41(31(5,6)7,25-18-14-12-15-19-25)26-20-16-13-17-21-26/h12-21,23,27-29H,10-11,22,24,32H2,1-9H3/t27-,28-,29-/m0/s1. The minimum absolute atomic E-state index is 0.0782. The Kier molecular flexibility index (Phi) is 13.6. The molecule has 4 atom stereocenters. The zero-order valence-corrected chi connectivity index (χ0v) is 29.9. The Hall–Kier alpha value is -1.19. The van der Waals surface area contributed by atoms with E-state index in [9.17, 15) is 4.79 Å². The molecule has 10 heteroatoms. The van der Waals surface area contributed by atoms with Gasteiger partial charge < -0.3 is 0 Å². The number of aldehydes is 1. The molecule has 2 aromatic rings. The molecule has 224 valence electrons. The van der Waals surface area contributed by atoms with Crippen molar-refractivity contribution in [1.29, 1.82) is 0 Å². The zero-order valence-electron chi connectivity index (χ0n) is 27.0. The maximum absolute atomic E-state index is 12.5. The van der Waals surface area contributed by atoms with E-state index in [2.05, 4.69) is 110 Å². The molecule has 2 rings (SSSR count). The van der Waals surface area contributed by atoms with Crippen LogP contribution in [0.3, 0.4) is 0 Å². The summed E-state index contributed by atoms with van der Waals surface area (Å²) in [6.07, 6.45) is 0.668. The number of hydrogen-bond acceptors (Lipinski definition) is 5. The molecule has 41 heavy (non-hydrogen) atoms. The monoisotopic (exact) mass is 612 g/mol. The first kappa shape index (κ1) is 36.0. The first-order valence-electron chi connectivity index (χ1n) is 14.8. The van der Waals surface area contributed by atoms with Gasteiger partial charge >= 0.3 is 255 Å². The van der Waals surface area contributed by atoms with Gasteiger partial charge in [-0.25, -0.2) is 0 Å². The number of ether oxygens (including phenoxy) is 1. The molecule has 0 N–H and O–H groups in total. The second kappa shape index (κ2) is 15.5. The van der Waals surface area contributed by atoms with Crippen molar-refractivity contribution in [2.75, 3.05) is 13.2 Å². The van der Waals surface area contributed by atoms with Crippen molar-refractivity contribution in [3.05, 3.63) is 60.7 Å². The van der Waals surface area contributed by atoms with Gasteiger partial charge in [0.2, 0.25) is 0 Å². The average Bonchev–Trinajstić information content (AvgIpc) is 2.89. The molecule has 0 spiro atoms. The molecule has 0 saturated carbocycles. The molecule has 0 aliphatic rings. The Morgan fingerprint density at radius 1 is 0.927 bits per heavy atom. The third-order valence-corrected chi connectivity index (χ3v) is 18.1. The van der Waals surface area contributed by atoms with Crippen molar-refractivity contribution in [3.63, 3.8) is 0 Å². The van der Waals surface area contributed by atoms with Crippen molar-refractivity contribution in [2.24, 2.45) is 0 Å². The molecular weight excluding hydrogens is 561 g/mol. The zero-order chi connectivity index (χ0) is 30.9. The van der Waals surface area contributed by atoms with Crippen molar-refractivity contribution < 1.29 is 22.9 Å². The summed E-state index contributed by atoms with van der Waals surface area (Å²) in [6, 6.07) is 21.1. The molecule has 0 bridgehead atoms. The summed E-state index contributed by atoms with van der Waals surface area (Å²) >= 11 is 0. The fourth-order valence-corrected chi connectivity index (χ4v) is 11.3. The van der Waals surface area contributed by atoms with E-state index in [0.29, 0.717) is 6.61 Å². The molecule has 1 unspecified atom stereocenters. The molecule has 5 nitrogen and oxygen atoms in total. The fourth-order valence-electron chi connectivity index (χ4n) is 4.81. The number of carbonyl (C=O) groups is 1. The molecule has 0 amide bonds. The number of carbonyl (C=O) groups excluding carboxylic acids is 1. The van der Waals surface area contributed by atoms with Gasteiger partial charge in [-0.2, -0.15) is 0 Å². The first-order chi connectivity index (χ1) is 19.1. The molecule has 0 fully saturated rings. The summed E-state index contributed by atoms with van der Waals surface area (Å²) < 4.78 is 26.8. The van der Waals surface area contributed by atoms with Gasteiger partial charge in [0.15, 0.2) is 0 Å². The van der Waals surface area contributed by atoms with Gasteiger partial charge in [0.05, 0.1) is 0 Å². The van der Waals surface area contributed by atoms with E-state index in [1.807, 2.05) is 12.1 Å². The Morgan fingerprint density at radius 3 is 1.83 bits per heavy atom. The first-order valence-corrected chi connectivity index (χ1v) is 21.3. The molecule has 0 radical (unpaired) electrons. The number of benzene rings is 2. The van der Waals surface area contributed by atoms with Gasteiger partial charge in [-0.1, -0.05) is 0 Å². The van der Waals surface area contributed by atoms with Crippen LogP contribution in [0.1, 0.15) is 61.3 Å². The van der Waals surface area contributed by atoms with Crippen LogP contribution in [0.15, 0.2) is 60.7 Å². The van der Waals surface area contributed by atoms with Crippen LogP contribution in [0, 0.1) is 0 Å². The normalized spacial score (nSPS) is 15.7. The van der Waals surface area contributed by atoms with E-state index in [0.717, 1.165) is 19.1 Å². The fraction of sp³-hybridized carbons (Fsp3) is 0.581. The van der Waals surface area contributed by atoms with Crippen LogP contribution in [-0.2, 0) is 22.9 Å². The topological polar surface area (TPSA) is 54.0 Å². The molecule has 0 saturated heterocycles. The van der Waals surface area contributed by atoms with E-state index in [1.165, 1.54) is 10.4 Å². The van der Waals surface area contributed by atoms with E-state index >= 15 is 0 Å². The Bertz CT molecular complexity index is 1100. The Morgan fingerprint density at radius 2 is 1.44 bits per heavy atom. The van der Waals surface area contributed by atoms with Gasteiger partial charge in [0, 0.05) is 0 Å². The third kappa shape index (κ3) is 9.40. The van der Waals surface area contributed by atoms with Crippen LogP contribution < -0.4 is 10.4 Å².